The van der Waals surface area contributed by atoms with Crippen LogP contribution in [0, 0.1) is 5.92 Å². The SMILES string of the molecule is CC(C)N1CCC(c2ccc(-c3cc4c(N5CCN(C(=O)C6CCC6)CC5)ccnn4c3)cc2)C1. The van der Waals surface area contributed by atoms with Gasteiger partial charge in [0.25, 0.3) is 0 Å². The Bertz CT molecular complexity index is 1190. The highest BCUT2D eigenvalue weighted by atomic mass is 16.2. The average molecular weight is 472 g/mol. The minimum atomic E-state index is 0.288. The van der Waals surface area contributed by atoms with E-state index in [-0.39, 0.29) is 5.92 Å². The van der Waals surface area contributed by atoms with Crippen LogP contribution in [0.25, 0.3) is 16.6 Å². The van der Waals surface area contributed by atoms with Gasteiger partial charge >= 0.3 is 0 Å². The lowest BCUT2D eigenvalue weighted by atomic mass is 9.84. The summed E-state index contributed by atoms with van der Waals surface area (Å²) < 4.78 is 2.00. The molecule has 1 aliphatic carbocycles. The van der Waals surface area contributed by atoms with E-state index in [0.717, 1.165) is 44.5 Å². The number of benzene rings is 1. The van der Waals surface area contributed by atoms with Crippen molar-refractivity contribution in [3.05, 3.63) is 54.4 Å². The molecule has 1 atom stereocenters. The van der Waals surface area contributed by atoms with Crippen LogP contribution in [0.1, 0.15) is 51.0 Å². The molecule has 3 aliphatic rings. The summed E-state index contributed by atoms with van der Waals surface area (Å²) in [5.74, 6) is 1.30. The third-order valence-corrected chi connectivity index (χ3v) is 8.54. The van der Waals surface area contributed by atoms with Crippen LogP contribution in [0.2, 0.25) is 0 Å². The zero-order chi connectivity index (χ0) is 23.9. The van der Waals surface area contributed by atoms with E-state index in [9.17, 15) is 4.79 Å². The van der Waals surface area contributed by atoms with Crippen molar-refractivity contribution in [1.29, 1.82) is 0 Å². The van der Waals surface area contributed by atoms with E-state index >= 15 is 0 Å². The van der Waals surface area contributed by atoms with Gasteiger partial charge in [0.05, 0.1) is 11.2 Å². The molecule has 184 valence electrons. The average Bonchev–Trinajstić information content (AvgIpc) is 3.51. The third-order valence-electron chi connectivity index (χ3n) is 8.54. The normalized spacial score (nSPS) is 21.7. The summed E-state index contributed by atoms with van der Waals surface area (Å²) in [5.41, 5.74) is 6.23. The molecule has 2 saturated heterocycles. The third kappa shape index (κ3) is 4.33. The summed E-state index contributed by atoms with van der Waals surface area (Å²) >= 11 is 0. The monoisotopic (exact) mass is 471 g/mol. The summed E-state index contributed by atoms with van der Waals surface area (Å²) in [6, 6.07) is 14.2. The molecule has 0 radical (unpaired) electrons. The van der Waals surface area contributed by atoms with E-state index < -0.39 is 0 Å². The van der Waals surface area contributed by atoms with Gasteiger partial charge < -0.3 is 14.7 Å². The van der Waals surface area contributed by atoms with Gasteiger partial charge in [-0.15, -0.1) is 0 Å². The quantitative estimate of drug-likeness (QED) is 0.544. The summed E-state index contributed by atoms with van der Waals surface area (Å²) in [6.07, 6.45) is 8.65. The number of likely N-dealkylation sites (tertiary alicyclic amines) is 1. The molecule has 6 nitrogen and oxygen atoms in total. The van der Waals surface area contributed by atoms with Gasteiger partial charge in [-0.1, -0.05) is 30.7 Å². The summed E-state index contributed by atoms with van der Waals surface area (Å²) in [5, 5.41) is 4.59. The second-order valence-electron chi connectivity index (χ2n) is 10.9. The van der Waals surface area contributed by atoms with Crippen molar-refractivity contribution in [2.24, 2.45) is 5.92 Å². The Labute approximate surface area is 208 Å². The lowest BCUT2D eigenvalue weighted by Gasteiger charge is -2.39. The number of piperazine rings is 1. The fourth-order valence-electron chi connectivity index (χ4n) is 5.98. The fraction of sp³-hybridized carbons (Fsp3) is 0.517. The molecule has 6 heteroatoms. The smallest absolute Gasteiger partial charge is 0.225 e. The lowest BCUT2D eigenvalue weighted by Crippen LogP contribution is -2.51. The Morgan fingerprint density at radius 2 is 1.71 bits per heavy atom. The molecule has 0 N–H and O–H groups in total. The Morgan fingerprint density at radius 3 is 2.37 bits per heavy atom. The molecule has 3 aromatic rings. The predicted molar refractivity (Wildman–Crippen MR) is 141 cm³/mol. The van der Waals surface area contributed by atoms with Gasteiger partial charge in [0.15, 0.2) is 0 Å². The second kappa shape index (κ2) is 9.30. The first-order chi connectivity index (χ1) is 17.1. The van der Waals surface area contributed by atoms with E-state index in [1.807, 2.05) is 10.7 Å². The van der Waals surface area contributed by atoms with Crippen LogP contribution in [-0.4, -0.2) is 70.6 Å². The van der Waals surface area contributed by atoms with Crippen LogP contribution in [0.5, 0.6) is 0 Å². The summed E-state index contributed by atoms with van der Waals surface area (Å²) in [4.78, 5) is 19.7. The number of nitrogens with zero attached hydrogens (tertiary/aromatic N) is 5. The molecule has 0 spiro atoms. The first-order valence-electron chi connectivity index (χ1n) is 13.4. The molecular formula is C29H37N5O. The molecule has 3 fully saturated rings. The van der Waals surface area contributed by atoms with E-state index in [2.05, 4.69) is 76.2 Å². The molecule has 1 aromatic carbocycles. The zero-order valence-electron chi connectivity index (χ0n) is 21.1. The van der Waals surface area contributed by atoms with Crippen molar-refractivity contribution in [2.75, 3.05) is 44.2 Å². The molecule has 1 unspecified atom stereocenters. The predicted octanol–water partition coefficient (Wildman–Crippen LogP) is 4.65. The largest absolute Gasteiger partial charge is 0.366 e. The number of carbonyl (C=O) groups is 1. The maximum atomic E-state index is 12.6. The number of carbonyl (C=O) groups excluding carboxylic acids is 1. The van der Waals surface area contributed by atoms with Crippen LogP contribution < -0.4 is 4.90 Å². The van der Waals surface area contributed by atoms with Gasteiger partial charge in [0.2, 0.25) is 5.91 Å². The number of amides is 1. The molecular weight excluding hydrogens is 434 g/mol. The zero-order valence-corrected chi connectivity index (χ0v) is 21.1. The molecule has 4 heterocycles. The van der Waals surface area contributed by atoms with Crippen molar-refractivity contribution in [3.8, 4) is 11.1 Å². The number of fused-ring (bicyclic) bond motifs is 1. The maximum Gasteiger partial charge on any atom is 0.225 e. The van der Waals surface area contributed by atoms with Crippen molar-refractivity contribution >= 4 is 17.1 Å². The van der Waals surface area contributed by atoms with Gasteiger partial charge in [-0.2, -0.15) is 5.10 Å². The van der Waals surface area contributed by atoms with Crippen molar-refractivity contribution in [2.45, 2.75) is 51.5 Å². The minimum absolute atomic E-state index is 0.288. The molecule has 6 rings (SSSR count). The van der Waals surface area contributed by atoms with Crippen LogP contribution in [0.15, 0.2) is 48.8 Å². The molecule has 35 heavy (non-hydrogen) atoms. The van der Waals surface area contributed by atoms with Crippen LogP contribution in [0.3, 0.4) is 0 Å². The molecule has 0 bridgehead atoms. The lowest BCUT2D eigenvalue weighted by molar-refractivity contribution is -0.138. The number of anilines is 1. The standard InChI is InChI=1S/C29H37N5O/c1-21(2)33-13-11-25(19-33)22-6-8-23(9-7-22)26-18-28-27(10-12-30-34(28)20-26)31-14-16-32(17-15-31)29(35)24-4-3-5-24/h6-10,12,18,20-21,24-25H,3-5,11,13-17,19H2,1-2H3. The van der Waals surface area contributed by atoms with Crippen molar-refractivity contribution in [3.63, 3.8) is 0 Å². The van der Waals surface area contributed by atoms with Crippen molar-refractivity contribution in [1.82, 2.24) is 19.4 Å². The van der Waals surface area contributed by atoms with Gasteiger partial charge in [0.1, 0.15) is 0 Å². The van der Waals surface area contributed by atoms with Gasteiger partial charge in [-0.3, -0.25) is 4.79 Å². The minimum Gasteiger partial charge on any atom is -0.366 e. The van der Waals surface area contributed by atoms with Crippen molar-refractivity contribution < 1.29 is 4.79 Å². The highest BCUT2D eigenvalue weighted by Gasteiger charge is 2.31. The maximum absolute atomic E-state index is 12.6. The highest BCUT2D eigenvalue weighted by Crippen LogP contribution is 2.33. The molecule has 2 aromatic heterocycles. The second-order valence-corrected chi connectivity index (χ2v) is 10.9. The Kier molecular flexibility index (Phi) is 6.01. The number of hydrogen-bond donors (Lipinski definition) is 0. The number of hydrogen-bond acceptors (Lipinski definition) is 4. The van der Waals surface area contributed by atoms with E-state index in [4.69, 9.17) is 0 Å². The van der Waals surface area contributed by atoms with Gasteiger partial charge in [-0.25, -0.2) is 4.52 Å². The first-order valence-corrected chi connectivity index (χ1v) is 13.4. The molecule has 1 amide bonds. The number of aromatic nitrogens is 2. The first kappa shape index (κ1) is 22.6. The van der Waals surface area contributed by atoms with Crippen LogP contribution >= 0.6 is 0 Å². The van der Waals surface area contributed by atoms with Crippen LogP contribution in [-0.2, 0) is 4.79 Å². The van der Waals surface area contributed by atoms with E-state index in [1.165, 1.54) is 48.3 Å². The van der Waals surface area contributed by atoms with Crippen LogP contribution in [0.4, 0.5) is 5.69 Å². The summed E-state index contributed by atoms with van der Waals surface area (Å²) in [7, 11) is 0. The van der Waals surface area contributed by atoms with E-state index in [0.29, 0.717) is 17.9 Å². The topological polar surface area (TPSA) is 44.1 Å². The Morgan fingerprint density at radius 1 is 0.943 bits per heavy atom. The molecule has 1 saturated carbocycles. The Hall–Kier alpha value is -2.86. The molecule has 2 aliphatic heterocycles. The fourth-order valence-corrected chi connectivity index (χ4v) is 5.98. The van der Waals surface area contributed by atoms with E-state index in [1.54, 1.807) is 0 Å². The highest BCUT2D eigenvalue weighted by molar-refractivity contribution is 5.81. The Balaban J connectivity index is 1.17. The summed E-state index contributed by atoms with van der Waals surface area (Å²) in [6.45, 7) is 10.3. The van der Waals surface area contributed by atoms with Gasteiger partial charge in [0, 0.05) is 62.6 Å². The number of rotatable bonds is 5. The van der Waals surface area contributed by atoms with Gasteiger partial charge in [-0.05, 0) is 68.8 Å².